The van der Waals surface area contributed by atoms with Gasteiger partial charge in [0.1, 0.15) is 17.1 Å². The molecule has 1 aromatic carbocycles. The molecule has 13 heteroatoms. The molecule has 5 rings (SSSR count). The van der Waals surface area contributed by atoms with Gasteiger partial charge < -0.3 is 11.1 Å². The molecule has 0 spiro atoms. The first kappa shape index (κ1) is 23.6. The Labute approximate surface area is 200 Å². The van der Waals surface area contributed by atoms with Crippen LogP contribution in [0.5, 0.6) is 0 Å². The number of nitrogens with two attached hydrogens (primary N) is 1. The number of halogens is 5. The Morgan fingerprint density at radius 3 is 2.47 bits per heavy atom. The van der Waals surface area contributed by atoms with Crippen molar-refractivity contribution in [3.8, 4) is 11.6 Å². The molecule has 8 nitrogen and oxygen atoms in total. The van der Waals surface area contributed by atoms with E-state index < -0.39 is 30.4 Å². The average Bonchev–Trinajstić information content (AvgIpc) is 3.33. The van der Waals surface area contributed by atoms with E-state index in [9.17, 15) is 26.7 Å². The average molecular weight is 503 g/mol. The molecule has 0 saturated heterocycles. The van der Waals surface area contributed by atoms with Crippen molar-refractivity contribution >= 4 is 23.2 Å². The minimum atomic E-state index is -5.68. The van der Waals surface area contributed by atoms with E-state index in [0.717, 1.165) is 0 Å². The maximum Gasteiger partial charge on any atom is 0.453 e. The number of rotatable bonds is 5. The zero-order valence-corrected chi connectivity index (χ0v) is 18.6. The normalized spacial score (nSPS) is 17.9. The number of carbonyl (C=O) groups excluding carboxylic acids is 1. The van der Waals surface area contributed by atoms with E-state index in [0.29, 0.717) is 11.1 Å². The zero-order chi connectivity index (χ0) is 25.9. The summed E-state index contributed by atoms with van der Waals surface area (Å²) in [6.45, 7) is 1.69. The number of aromatic nitrogens is 5. The molecule has 0 saturated carbocycles. The number of hydrogen-bond donors (Lipinski definition) is 2. The molecule has 3 N–H and O–H groups in total. The first-order chi connectivity index (χ1) is 16.9. The maximum absolute atomic E-state index is 13.5. The summed E-state index contributed by atoms with van der Waals surface area (Å²) < 4.78 is 66.4. The molecular weight excluding hydrogens is 485 g/mol. The van der Waals surface area contributed by atoms with Crippen molar-refractivity contribution in [2.24, 2.45) is 0 Å². The molecule has 0 bridgehead atoms. The van der Waals surface area contributed by atoms with Gasteiger partial charge in [-0.25, -0.2) is 19.9 Å². The van der Waals surface area contributed by atoms with Gasteiger partial charge in [0, 0.05) is 18.8 Å². The van der Waals surface area contributed by atoms with Gasteiger partial charge in [-0.3, -0.25) is 9.20 Å². The fraction of sp³-hybridized carbons (Fsp3) is 0.261. The monoisotopic (exact) mass is 503 g/mol. The molecule has 1 atom stereocenters. The molecule has 0 radical (unpaired) electrons. The summed E-state index contributed by atoms with van der Waals surface area (Å²) in [4.78, 5) is 30.0. The second-order valence-corrected chi connectivity index (χ2v) is 8.50. The van der Waals surface area contributed by atoms with Crippen LogP contribution in [0.4, 0.5) is 33.6 Å². The standard InChI is InChI=1S/C23H18F5N7O/c1-21(12-6-3-2-4-7-12)14-15(29)32-17(33-16(14)34-20(21)36)19-31-13(18-30-10-5-11-35(18)19)8-9-22(24,25)23(26,27)28/h2-7,10-11H,8-9H2,1H3,(H3,29,32,33,34,36). The van der Waals surface area contributed by atoms with Gasteiger partial charge in [0.25, 0.3) is 0 Å². The van der Waals surface area contributed by atoms with Crippen LogP contribution in [0, 0.1) is 0 Å². The Morgan fingerprint density at radius 2 is 1.78 bits per heavy atom. The maximum atomic E-state index is 13.5. The van der Waals surface area contributed by atoms with Gasteiger partial charge >= 0.3 is 12.1 Å². The molecule has 1 aliphatic rings. The number of amides is 1. The van der Waals surface area contributed by atoms with Crippen LogP contribution in [-0.2, 0) is 16.6 Å². The topological polar surface area (TPSA) is 111 Å². The third-order valence-electron chi connectivity index (χ3n) is 6.24. The molecule has 186 valence electrons. The molecule has 1 amide bonds. The fourth-order valence-electron chi connectivity index (χ4n) is 4.28. The molecule has 0 fully saturated rings. The Morgan fingerprint density at radius 1 is 1.06 bits per heavy atom. The van der Waals surface area contributed by atoms with Crippen molar-refractivity contribution in [1.29, 1.82) is 0 Å². The van der Waals surface area contributed by atoms with Gasteiger partial charge in [-0.2, -0.15) is 22.0 Å². The van der Waals surface area contributed by atoms with E-state index in [2.05, 4.69) is 25.3 Å². The van der Waals surface area contributed by atoms with E-state index in [-0.39, 0.29) is 40.5 Å². The number of imidazole rings is 1. The molecular formula is C23H18F5N7O. The van der Waals surface area contributed by atoms with Gasteiger partial charge in [0.05, 0.1) is 11.3 Å². The molecule has 4 aromatic rings. The summed E-state index contributed by atoms with van der Waals surface area (Å²) in [5, 5.41) is 2.71. The first-order valence-electron chi connectivity index (χ1n) is 10.8. The van der Waals surface area contributed by atoms with Crippen molar-refractivity contribution in [2.45, 2.75) is 37.3 Å². The van der Waals surface area contributed by atoms with E-state index in [4.69, 9.17) is 5.73 Å². The number of aryl methyl sites for hydroxylation is 1. The van der Waals surface area contributed by atoms with Crippen LogP contribution < -0.4 is 11.1 Å². The van der Waals surface area contributed by atoms with Gasteiger partial charge in [0.2, 0.25) is 5.91 Å². The van der Waals surface area contributed by atoms with Crippen LogP contribution in [0.3, 0.4) is 0 Å². The number of nitrogens with one attached hydrogen (secondary N) is 1. The van der Waals surface area contributed by atoms with E-state index in [1.165, 1.54) is 22.9 Å². The highest BCUT2D eigenvalue weighted by Crippen LogP contribution is 2.45. The lowest BCUT2D eigenvalue weighted by atomic mass is 9.78. The van der Waals surface area contributed by atoms with Crippen molar-refractivity contribution in [3.05, 3.63) is 65.6 Å². The zero-order valence-electron chi connectivity index (χ0n) is 18.6. The fourth-order valence-corrected chi connectivity index (χ4v) is 4.28. The van der Waals surface area contributed by atoms with Gasteiger partial charge in [0.15, 0.2) is 17.3 Å². The number of alkyl halides is 5. The minimum absolute atomic E-state index is 0.00880. The Bertz CT molecular complexity index is 1490. The lowest BCUT2D eigenvalue weighted by Gasteiger charge is -2.23. The third-order valence-corrected chi connectivity index (χ3v) is 6.24. The largest absolute Gasteiger partial charge is 0.453 e. The highest BCUT2D eigenvalue weighted by molar-refractivity contribution is 6.09. The van der Waals surface area contributed by atoms with Gasteiger partial charge in [-0.05, 0) is 25.0 Å². The quantitative estimate of drug-likeness (QED) is 0.396. The molecule has 36 heavy (non-hydrogen) atoms. The number of carbonyl (C=O) groups is 1. The highest BCUT2D eigenvalue weighted by atomic mass is 19.4. The van der Waals surface area contributed by atoms with Crippen molar-refractivity contribution < 1.29 is 26.7 Å². The van der Waals surface area contributed by atoms with Gasteiger partial charge in [-0.15, -0.1) is 0 Å². The number of anilines is 2. The molecule has 3 aromatic heterocycles. The van der Waals surface area contributed by atoms with Crippen LogP contribution in [-0.4, -0.2) is 42.3 Å². The third kappa shape index (κ3) is 3.53. The summed E-state index contributed by atoms with van der Waals surface area (Å²) in [5.41, 5.74) is 6.15. The van der Waals surface area contributed by atoms with Crippen LogP contribution in [0.15, 0.2) is 48.8 Å². The predicted molar refractivity (Wildman–Crippen MR) is 119 cm³/mol. The molecule has 0 aliphatic carbocycles. The van der Waals surface area contributed by atoms with E-state index >= 15 is 0 Å². The van der Waals surface area contributed by atoms with Crippen LogP contribution >= 0.6 is 0 Å². The molecule has 1 aliphatic heterocycles. The van der Waals surface area contributed by atoms with Crippen LogP contribution in [0.1, 0.15) is 30.2 Å². The Balaban J connectivity index is 1.58. The first-order valence-corrected chi connectivity index (χ1v) is 10.8. The smallest absolute Gasteiger partial charge is 0.383 e. The molecule has 1 unspecified atom stereocenters. The summed E-state index contributed by atoms with van der Waals surface area (Å²) in [5.74, 6) is -5.14. The SMILES string of the molecule is CC1(c2ccccc2)C(=O)Nc2nc(-c3nc(CCC(F)(F)C(F)(F)F)c4ncccn34)nc(N)c21. The van der Waals surface area contributed by atoms with Crippen LogP contribution in [0.2, 0.25) is 0 Å². The minimum Gasteiger partial charge on any atom is -0.383 e. The van der Waals surface area contributed by atoms with Crippen molar-refractivity contribution in [1.82, 2.24) is 24.3 Å². The van der Waals surface area contributed by atoms with E-state index in [1.807, 2.05) is 6.07 Å². The van der Waals surface area contributed by atoms with Gasteiger partial charge in [-0.1, -0.05) is 30.3 Å². The number of nitrogen functional groups attached to an aromatic ring is 1. The predicted octanol–water partition coefficient (Wildman–Crippen LogP) is 4.16. The lowest BCUT2D eigenvalue weighted by molar-refractivity contribution is -0.284. The summed E-state index contributed by atoms with van der Waals surface area (Å²) in [6, 6.07) is 10.5. The van der Waals surface area contributed by atoms with Crippen LogP contribution in [0.25, 0.3) is 17.3 Å². The Kier molecular flexibility index (Phi) is 5.19. The summed E-state index contributed by atoms with van der Waals surface area (Å²) in [6.07, 6.45) is -5.03. The number of benzene rings is 1. The highest BCUT2D eigenvalue weighted by Gasteiger charge is 2.56. The Hall–Kier alpha value is -4.16. The number of nitrogens with zero attached hydrogens (tertiary/aromatic N) is 5. The second-order valence-electron chi connectivity index (χ2n) is 8.50. The number of fused-ring (bicyclic) bond motifs is 2. The number of hydrogen-bond acceptors (Lipinski definition) is 6. The summed E-state index contributed by atoms with van der Waals surface area (Å²) >= 11 is 0. The lowest BCUT2D eigenvalue weighted by Crippen LogP contribution is -2.36. The second kappa shape index (κ2) is 7.93. The van der Waals surface area contributed by atoms with Crippen molar-refractivity contribution in [2.75, 3.05) is 11.1 Å². The summed E-state index contributed by atoms with van der Waals surface area (Å²) in [7, 11) is 0. The van der Waals surface area contributed by atoms with Crippen molar-refractivity contribution in [3.63, 3.8) is 0 Å². The molecule has 4 heterocycles. The van der Waals surface area contributed by atoms with E-state index in [1.54, 1.807) is 31.2 Å².